The summed E-state index contributed by atoms with van der Waals surface area (Å²) < 4.78 is 0. The standard InChI is InChI=1S/C12H11NOS/c13-4-3-9-6-10(8-11(14)7-9)12-2-1-5-15-12/h1-2,5,7,10H,3,6,8H2. The predicted octanol–water partition coefficient (Wildman–Crippen LogP) is 3.03. The number of allylic oxidation sites excluding steroid dienone is 2. The summed E-state index contributed by atoms with van der Waals surface area (Å²) >= 11 is 1.69. The number of hydrogen-bond donors (Lipinski definition) is 0. The lowest BCUT2D eigenvalue weighted by Crippen LogP contribution is -2.11. The Hall–Kier alpha value is -1.40. The number of ketones is 1. The molecule has 76 valence electrons. The van der Waals surface area contributed by atoms with Crippen LogP contribution in [0.25, 0.3) is 0 Å². The van der Waals surface area contributed by atoms with Crippen LogP contribution in [0.1, 0.15) is 30.1 Å². The largest absolute Gasteiger partial charge is 0.295 e. The fourth-order valence-electron chi connectivity index (χ4n) is 1.93. The Bertz CT molecular complexity index is 425. The topological polar surface area (TPSA) is 40.9 Å². The van der Waals surface area contributed by atoms with Gasteiger partial charge < -0.3 is 0 Å². The molecule has 0 bridgehead atoms. The molecule has 1 aromatic heterocycles. The molecule has 1 aromatic rings. The van der Waals surface area contributed by atoms with Gasteiger partial charge in [-0.3, -0.25) is 4.79 Å². The van der Waals surface area contributed by atoms with E-state index < -0.39 is 0 Å². The maximum absolute atomic E-state index is 11.5. The van der Waals surface area contributed by atoms with Crippen molar-refractivity contribution in [2.24, 2.45) is 0 Å². The van der Waals surface area contributed by atoms with Crippen molar-refractivity contribution in [2.75, 3.05) is 0 Å². The van der Waals surface area contributed by atoms with Crippen LogP contribution in [0, 0.1) is 11.3 Å². The van der Waals surface area contributed by atoms with Crippen molar-refractivity contribution in [3.8, 4) is 6.07 Å². The molecule has 15 heavy (non-hydrogen) atoms. The molecule has 1 atom stereocenters. The minimum Gasteiger partial charge on any atom is -0.295 e. The van der Waals surface area contributed by atoms with Gasteiger partial charge in [-0.05, 0) is 23.9 Å². The van der Waals surface area contributed by atoms with Crippen molar-refractivity contribution >= 4 is 17.1 Å². The third-order valence-electron chi connectivity index (χ3n) is 2.57. The molecule has 1 aliphatic rings. The highest BCUT2D eigenvalue weighted by Crippen LogP contribution is 2.34. The molecule has 1 heterocycles. The van der Waals surface area contributed by atoms with E-state index in [2.05, 4.69) is 12.1 Å². The van der Waals surface area contributed by atoms with Crippen molar-refractivity contribution in [3.05, 3.63) is 34.0 Å². The second-order valence-electron chi connectivity index (χ2n) is 3.72. The van der Waals surface area contributed by atoms with E-state index in [1.165, 1.54) is 4.88 Å². The zero-order valence-electron chi connectivity index (χ0n) is 8.27. The van der Waals surface area contributed by atoms with Crippen molar-refractivity contribution < 1.29 is 4.79 Å². The molecule has 0 fully saturated rings. The van der Waals surface area contributed by atoms with E-state index in [0.717, 1.165) is 12.0 Å². The monoisotopic (exact) mass is 217 g/mol. The van der Waals surface area contributed by atoms with Crippen LogP contribution < -0.4 is 0 Å². The first kappa shape index (κ1) is 10.1. The predicted molar refractivity (Wildman–Crippen MR) is 59.6 cm³/mol. The summed E-state index contributed by atoms with van der Waals surface area (Å²) in [5.41, 5.74) is 0.979. The zero-order chi connectivity index (χ0) is 10.7. The lowest BCUT2D eigenvalue weighted by atomic mass is 9.86. The van der Waals surface area contributed by atoms with Crippen molar-refractivity contribution in [2.45, 2.75) is 25.2 Å². The van der Waals surface area contributed by atoms with Gasteiger partial charge in [0.05, 0.1) is 12.5 Å². The van der Waals surface area contributed by atoms with Gasteiger partial charge in [0.25, 0.3) is 0 Å². The summed E-state index contributed by atoms with van der Waals surface area (Å²) in [5.74, 6) is 0.454. The normalized spacial score (nSPS) is 20.9. The minimum atomic E-state index is 0.157. The van der Waals surface area contributed by atoms with Crippen LogP contribution in [-0.4, -0.2) is 5.78 Å². The number of nitriles is 1. The number of nitrogens with zero attached hydrogens (tertiary/aromatic N) is 1. The summed E-state index contributed by atoms with van der Waals surface area (Å²) in [7, 11) is 0. The molecule has 0 saturated heterocycles. The first-order chi connectivity index (χ1) is 7.29. The number of thiophene rings is 1. The van der Waals surface area contributed by atoms with Gasteiger partial charge in [0.1, 0.15) is 0 Å². The highest BCUT2D eigenvalue weighted by atomic mass is 32.1. The fourth-order valence-corrected chi connectivity index (χ4v) is 2.76. The second-order valence-corrected chi connectivity index (χ2v) is 4.70. The van der Waals surface area contributed by atoms with E-state index in [1.807, 2.05) is 11.4 Å². The molecular weight excluding hydrogens is 206 g/mol. The fraction of sp³-hybridized carbons (Fsp3) is 0.333. The van der Waals surface area contributed by atoms with Crippen LogP contribution in [0.2, 0.25) is 0 Å². The molecule has 2 nitrogen and oxygen atoms in total. The lowest BCUT2D eigenvalue weighted by Gasteiger charge is -2.19. The van der Waals surface area contributed by atoms with Gasteiger partial charge in [0, 0.05) is 17.2 Å². The van der Waals surface area contributed by atoms with E-state index >= 15 is 0 Å². The molecule has 1 aliphatic carbocycles. The second kappa shape index (κ2) is 4.41. The number of rotatable bonds is 2. The maximum atomic E-state index is 11.5. The van der Waals surface area contributed by atoms with E-state index in [-0.39, 0.29) is 5.78 Å². The van der Waals surface area contributed by atoms with Crippen molar-refractivity contribution in [3.63, 3.8) is 0 Å². The SMILES string of the molecule is N#CCC1=CC(=O)CC(c2cccs2)C1. The van der Waals surface area contributed by atoms with Crippen LogP contribution in [-0.2, 0) is 4.79 Å². The molecule has 0 amide bonds. The number of hydrogen-bond acceptors (Lipinski definition) is 3. The maximum Gasteiger partial charge on any atom is 0.156 e. The van der Waals surface area contributed by atoms with Gasteiger partial charge in [0.15, 0.2) is 5.78 Å². The first-order valence-corrected chi connectivity index (χ1v) is 5.80. The molecule has 0 saturated carbocycles. The molecule has 3 heteroatoms. The third kappa shape index (κ3) is 2.34. The molecule has 0 N–H and O–H groups in total. The molecule has 2 rings (SSSR count). The van der Waals surface area contributed by atoms with Gasteiger partial charge >= 0.3 is 0 Å². The summed E-state index contributed by atoms with van der Waals surface area (Å²) in [4.78, 5) is 12.7. The Kier molecular flexibility index (Phi) is 2.98. The molecular formula is C12H11NOS. The van der Waals surface area contributed by atoms with Gasteiger partial charge in [0.2, 0.25) is 0 Å². The minimum absolute atomic E-state index is 0.157. The molecule has 0 aromatic carbocycles. The Morgan fingerprint density at radius 1 is 1.53 bits per heavy atom. The molecule has 0 aliphatic heterocycles. The van der Waals surface area contributed by atoms with Crippen molar-refractivity contribution in [1.82, 2.24) is 0 Å². The Labute approximate surface area is 92.8 Å². The summed E-state index contributed by atoms with van der Waals surface area (Å²) in [6.45, 7) is 0. The Morgan fingerprint density at radius 2 is 2.40 bits per heavy atom. The number of carbonyl (C=O) groups excluding carboxylic acids is 1. The average molecular weight is 217 g/mol. The molecule has 0 spiro atoms. The third-order valence-corrected chi connectivity index (χ3v) is 3.61. The van der Waals surface area contributed by atoms with Gasteiger partial charge in [-0.25, -0.2) is 0 Å². The first-order valence-electron chi connectivity index (χ1n) is 4.92. The average Bonchev–Trinajstić information content (AvgIpc) is 2.70. The Balaban J connectivity index is 2.16. The quantitative estimate of drug-likeness (QED) is 0.764. The van der Waals surface area contributed by atoms with E-state index in [1.54, 1.807) is 17.4 Å². The molecule has 0 radical (unpaired) electrons. The molecule has 1 unspecified atom stereocenters. The van der Waals surface area contributed by atoms with Crippen LogP contribution in [0.4, 0.5) is 0 Å². The van der Waals surface area contributed by atoms with E-state index in [4.69, 9.17) is 5.26 Å². The smallest absolute Gasteiger partial charge is 0.156 e. The van der Waals surface area contributed by atoms with E-state index in [0.29, 0.717) is 18.8 Å². The Morgan fingerprint density at radius 3 is 3.07 bits per heavy atom. The zero-order valence-corrected chi connectivity index (χ0v) is 9.09. The summed E-state index contributed by atoms with van der Waals surface area (Å²) in [5, 5.41) is 10.7. The highest BCUT2D eigenvalue weighted by Gasteiger charge is 2.22. The van der Waals surface area contributed by atoms with Crippen LogP contribution in [0.3, 0.4) is 0 Å². The van der Waals surface area contributed by atoms with E-state index in [9.17, 15) is 4.79 Å². The van der Waals surface area contributed by atoms with Crippen LogP contribution in [0.5, 0.6) is 0 Å². The highest BCUT2D eigenvalue weighted by molar-refractivity contribution is 7.10. The van der Waals surface area contributed by atoms with Crippen molar-refractivity contribution in [1.29, 1.82) is 5.26 Å². The van der Waals surface area contributed by atoms with Gasteiger partial charge in [-0.2, -0.15) is 5.26 Å². The lowest BCUT2D eigenvalue weighted by molar-refractivity contribution is -0.115. The van der Waals surface area contributed by atoms with Gasteiger partial charge in [-0.15, -0.1) is 11.3 Å². The summed E-state index contributed by atoms with van der Waals surface area (Å²) in [6.07, 6.45) is 3.48. The number of carbonyl (C=O) groups is 1. The van der Waals surface area contributed by atoms with Crippen LogP contribution in [0.15, 0.2) is 29.2 Å². The van der Waals surface area contributed by atoms with Crippen LogP contribution >= 0.6 is 11.3 Å². The summed E-state index contributed by atoms with van der Waals surface area (Å²) in [6, 6.07) is 6.18. The van der Waals surface area contributed by atoms with Gasteiger partial charge in [-0.1, -0.05) is 11.6 Å².